The quantitative estimate of drug-likeness (QED) is 0.741. The van der Waals surface area contributed by atoms with Crippen molar-refractivity contribution in [2.75, 3.05) is 19.7 Å². The van der Waals surface area contributed by atoms with Crippen LogP contribution in [0.4, 0.5) is 0 Å². The highest BCUT2D eigenvalue weighted by atomic mass is 16.5. The molecule has 1 heterocycles. The summed E-state index contributed by atoms with van der Waals surface area (Å²) in [7, 11) is 0. The lowest BCUT2D eigenvalue weighted by atomic mass is 10.1. The van der Waals surface area contributed by atoms with Gasteiger partial charge >= 0.3 is 5.97 Å². The van der Waals surface area contributed by atoms with Crippen LogP contribution < -0.4 is 0 Å². The minimum atomic E-state index is -0.445. The Morgan fingerprint density at radius 3 is 2.41 bits per heavy atom. The number of nitrogens with zero attached hydrogens (tertiary/aromatic N) is 1. The number of esters is 1. The molecule has 4 nitrogen and oxygen atoms in total. The number of benzene rings is 1. The summed E-state index contributed by atoms with van der Waals surface area (Å²) < 4.78 is 4.96. The highest BCUT2D eigenvalue weighted by Crippen LogP contribution is 2.08. The molecule has 90 valence electrons. The lowest BCUT2D eigenvalue weighted by Crippen LogP contribution is -2.44. The Morgan fingerprint density at radius 2 is 1.88 bits per heavy atom. The summed E-state index contributed by atoms with van der Waals surface area (Å²) in [4.78, 5) is 24.7. The van der Waals surface area contributed by atoms with Crippen LogP contribution in [0.1, 0.15) is 22.3 Å². The lowest BCUT2D eigenvalue weighted by molar-refractivity contribution is -0.137. The van der Waals surface area contributed by atoms with Crippen molar-refractivity contribution in [2.24, 2.45) is 0 Å². The zero-order valence-electron chi connectivity index (χ0n) is 9.81. The van der Waals surface area contributed by atoms with E-state index in [-0.39, 0.29) is 12.5 Å². The van der Waals surface area contributed by atoms with Gasteiger partial charge in [-0.25, -0.2) is 4.79 Å². The van der Waals surface area contributed by atoms with Crippen molar-refractivity contribution in [1.82, 2.24) is 4.90 Å². The van der Waals surface area contributed by atoms with Crippen molar-refractivity contribution in [3.63, 3.8) is 0 Å². The van der Waals surface area contributed by atoms with Gasteiger partial charge in [0.2, 0.25) is 0 Å². The number of ether oxygens (including phenoxy) is 1. The fourth-order valence-electron chi connectivity index (χ4n) is 1.56. The molecule has 4 heteroatoms. The molecule has 0 unspecified atom stereocenters. The fourth-order valence-corrected chi connectivity index (χ4v) is 1.56. The van der Waals surface area contributed by atoms with Gasteiger partial charge in [0.15, 0.2) is 6.61 Å². The second kappa shape index (κ2) is 4.99. The van der Waals surface area contributed by atoms with E-state index in [1.807, 2.05) is 19.1 Å². The first kappa shape index (κ1) is 11.6. The van der Waals surface area contributed by atoms with E-state index in [0.717, 1.165) is 25.1 Å². The van der Waals surface area contributed by atoms with Gasteiger partial charge in [0.05, 0.1) is 5.56 Å². The SMILES string of the molecule is Cc1ccc(C(=O)OCC(=O)N2CCC2)cc1. The van der Waals surface area contributed by atoms with Crippen molar-refractivity contribution in [2.45, 2.75) is 13.3 Å². The predicted octanol–water partition coefficient (Wildman–Crippen LogP) is 1.38. The van der Waals surface area contributed by atoms with Crippen LogP contribution in [-0.4, -0.2) is 36.5 Å². The molecule has 1 aliphatic heterocycles. The molecule has 0 aliphatic carbocycles. The molecule has 0 aromatic heterocycles. The van der Waals surface area contributed by atoms with E-state index in [2.05, 4.69) is 0 Å². The van der Waals surface area contributed by atoms with Gasteiger partial charge in [-0.15, -0.1) is 0 Å². The minimum Gasteiger partial charge on any atom is -0.452 e. The molecule has 1 saturated heterocycles. The van der Waals surface area contributed by atoms with E-state index in [1.165, 1.54) is 0 Å². The summed E-state index contributed by atoms with van der Waals surface area (Å²) in [5.41, 5.74) is 1.56. The topological polar surface area (TPSA) is 46.6 Å². The number of rotatable bonds is 3. The van der Waals surface area contributed by atoms with Gasteiger partial charge in [0, 0.05) is 13.1 Å². The van der Waals surface area contributed by atoms with Crippen LogP contribution in [0.3, 0.4) is 0 Å². The van der Waals surface area contributed by atoms with Gasteiger partial charge in [-0.1, -0.05) is 17.7 Å². The number of likely N-dealkylation sites (tertiary alicyclic amines) is 1. The minimum absolute atomic E-state index is 0.114. The summed E-state index contributed by atoms with van der Waals surface area (Å²) in [6.07, 6.45) is 1.04. The molecule has 1 amide bonds. The predicted molar refractivity (Wildman–Crippen MR) is 62.7 cm³/mol. The Morgan fingerprint density at radius 1 is 1.24 bits per heavy atom. The maximum absolute atomic E-state index is 11.6. The third-order valence-corrected chi connectivity index (χ3v) is 2.82. The molecule has 1 fully saturated rings. The van der Waals surface area contributed by atoms with Crippen LogP contribution >= 0.6 is 0 Å². The molecule has 0 bridgehead atoms. The second-order valence-corrected chi connectivity index (χ2v) is 4.18. The molecule has 1 aliphatic rings. The number of hydrogen-bond acceptors (Lipinski definition) is 3. The molecule has 0 spiro atoms. The molecular weight excluding hydrogens is 218 g/mol. The van der Waals surface area contributed by atoms with Crippen molar-refractivity contribution in [3.8, 4) is 0 Å². The average molecular weight is 233 g/mol. The Bertz CT molecular complexity index is 421. The van der Waals surface area contributed by atoms with E-state index < -0.39 is 5.97 Å². The molecule has 2 rings (SSSR count). The van der Waals surface area contributed by atoms with Gasteiger partial charge in [0.25, 0.3) is 5.91 Å². The smallest absolute Gasteiger partial charge is 0.338 e. The van der Waals surface area contributed by atoms with Crippen LogP contribution in [0, 0.1) is 6.92 Å². The number of carbonyl (C=O) groups excluding carboxylic acids is 2. The maximum Gasteiger partial charge on any atom is 0.338 e. The third kappa shape index (κ3) is 2.84. The van der Waals surface area contributed by atoms with E-state index in [0.29, 0.717) is 5.56 Å². The van der Waals surface area contributed by atoms with Crippen LogP contribution in [0.15, 0.2) is 24.3 Å². The van der Waals surface area contributed by atoms with Crippen LogP contribution in [0.25, 0.3) is 0 Å². The monoisotopic (exact) mass is 233 g/mol. The normalized spacial score (nSPS) is 14.1. The lowest BCUT2D eigenvalue weighted by Gasteiger charge is -2.30. The van der Waals surface area contributed by atoms with E-state index >= 15 is 0 Å². The Balaban J connectivity index is 1.84. The van der Waals surface area contributed by atoms with Crippen molar-refractivity contribution in [1.29, 1.82) is 0 Å². The van der Waals surface area contributed by atoms with Crippen LogP contribution in [-0.2, 0) is 9.53 Å². The summed E-state index contributed by atoms with van der Waals surface area (Å²) in [6.45, 7) is 3.34. The summed E-state index contributed by atoms with van der Waals surface area (Å²) >= 11 is 0. The fraction of sp³-hybridized carbons (Fsp3) is 0.385. The Hall–Kier alpha value is -1.84. The average Bonchev–Trinajstić information content (AvgIpc) is 2.24. The molecule has 17 heavy (non-hydrogen) atoms. The van der Waals surface area contributed by atoms with Crippen molar-refractivity contribution >= 4 is 11.9 Å². The van der Waals surface area contributed by atoms with E-state index in [9.17, 15) is 9.59 Å². The Labute approximate surface area is 100 Å². The second-order valence-electron chi connectivity index (χ2n) is 4.18. The van der Waals surface area contributed by atoms with Gasteiger partial charge in [-0.05, 0) is 25.5 Å². The molecule has 0 N–H and O–H groups in total. The van der Waals surface area contributed by atoms with Gasteiger partial charge in [-0.2, -0.15) is 0 Å². The van der Waals surface area contributed by atoms with E-state index in [1.54, 1.807) is 17.0 Å². The first-order valence-electron chi connectivity index (χ1n) is 5.68. The summed E-state index contributed by atoms with van der Waals surface area (Å²) in [6, 6.07) is 7.08. The van der Waals surface area contributed by atoms with Gasteiger partial charge in [0.1, 0.15) is 0 Å². The van der Waals surface area contributed by atoms with Crippen molar-refractivity contribution < 1.29 is 14.3 Å². The largest absolute Gasteiger partial charge is 0.452 e. The highest BCUT2D eigenvalue weighted by Gasteiger charge is 2.21. The van der Waals surface area contributed by atoms with Crippen LogP contribution in [0.5, 0.6) is 0 Å². The van der Waals surface area contributed by atoms with Gasteiger partial charge < -0.3 is 9.64 Å². The zero-order valence-corrected chi connectivity index (χ0v) is 9.81. The number of aryl methyl sites for hydroxylation is 1. The molecule has 0 radical (unpaired) electrons. The number of hydrogen-bond donors (Lipinski definition) is 0. The third-order valence-electron chi connectivity index (χ3n) is 2.82. The van der Waals surface area contributed by atoms with Crippen molar-refractivity contribution in [3.05, 3.63) is 35.4 Å². The Kier molecular flexibility index (Phi) is 3.42. The number of carbonyl (C=O) groups is 2. The zero-order chi connectivity index (χ0) is 12.3. The first-order valence-corrected chi connectivity index (χ1v) is 5.68. The van der Waals surface area contributed by atoms with Crippen LogP contribution in [0.2, 0.25) is 0 Å². The van der Waals surface area contributed by atoms with E-state index in [4.69, 9.17) is 4.74 Å². The van der Waals surface area contributed by atoms with Gasteiger partial charge in [-0.3, -0.25) is 4.79 Å². The maximum atomic E-state index is 11.6. The first-order chi connectivity index (χ1) is 8.16. The summed E-state index contributed by atoms with van der Waals surface area (Å²) in [5, 5.41) is 0. The molecule has 1 aromatic rings. The molecule has 0 atom stereocenters. The summed E-state index contributed by atoms with van der Waals surface area (Å²) in [5.74, 6) is -0.560. The molecule has 0 saturated carbocycles. The standard InChI is InChI=1S/C13H15NO3/c1-10-3-5-11(6-4-10)13(16)17-9-12(15)14-7-2-8-14/h3-6H,2,7-9H2,1H3. The molecular formula is C13H15NO3. The highest BCUT2D eigenvalue weighted by molar-refractivity contribution is 5.91. The molecule has 1 aromatic carbocycles. The number of amides is 1.